The number of anilines is 1. The first kappa shape index (κ1) is 14.7. The molecule has 120 valence electrons. The molecule has 0 bridgehead atoms. The number of benzene rings is 2. The third kappa shape index (κ3) is 2.71. The highest BCUT2D eigenvalue weighted by Crippen LogP contribution is 2.32. The Balaban J connectivity index is 1.59. The maximum absolute atomic E-state index is 12.8. The lowest BCUT2D eigenvalue weighted by molar-refractivity contribution is 0.207. The predicted octanol–water partition coefficient (Wildman–Crippen LogP) is 4.60. The summed E-state index contributed by atoms with van der Waals surface area (Å²) in [6.07, 6.45) is 5.62. The van der Waals surface area contributed by atoms with E-state index in [4.69, 9.17) is 0 Å². The Hall–Kier alpha value is -2.88. The molecule has 1 fully saturated rings. The smallest absolute Gasteiger partial charge is 0.317 e. The second-order valence-electron chi connectivity index (χ2n) is 6.09. The van der Waals surface area contributed by atoms with Crippen molar-refractivity contribution in [3.8, 4) is 0 Å². The molecule has 1 aliphatic rings. The zero-order valence-electron chi connectivity index (χ0n) is 13.4. The molecule has 1 saturated heterocycles. The van der Waals surface area contributed by atoms with E-state index in [2.05, 4.69) is 22.4 Å². The zero-order chi connectivity index (χ0) is 16.4. The molecule has 1 aliphatic heterocycles. The van der Waals surface area contributed by atoms with E-state index in [0.29, 0.717) is 0 Å². The SMILES string of the molecule is O=C(Nc1cccc2ccccc12)N1CCC[C@@H]1c1cccnc1. The number of carbonyl (C=O) groups excluding carboxylic acids is 1. The molecule has 0 aliphatic carbocycles. The minimum atomic E-state index is -0.0438. The molecule has 2 amide bonds. The molecule has 0 saturated carbocycles. The van der Waals surface area contributed by atoms with Crippen molar-refractivity contribution in [1.82, 2.24) is 9.88 Å². The molecule has 2 heterocycles. The van der Waals surface area contributed by atoms with E-state index < -0.39 is 0 Å². The molecule has 1 atom stereocenters. The summed E-state index contributed by atoms with van der Waals surface area (Å²) in [7, 11) is 0. The van der Waals surface area contributed by atoms with Crippen molar-refractivity contribution < 1.29 is 4.79 Å². The van der Waals surface area contributed by atoms with Crippen molar-refractivity contribution in [1.29, 1.82) is 0 Å². The summed E-state index contributed by atoms with van der Waals surface area (Å²) in [5, 5.41) is 5.28. The normalized spacial score (nSPS) is 17.2. The average molecular weight is 317 g/mol. The Morgan fingerprint density at radius 2 is 1.96 bits per heavy atom. The fourth-order valence-corrected chi connectivity index (χ4v) is 3.45. The van der Waals surface area contributed by atoms with Crippen molar-refractivity contribution in [3.63, 3.8) is 0 Å². The summed E-state index contributed by atoms with van der Waals surface area (Å²) in [6.45, 7) is 0.774. The van der Waals surface area contributed by atoms with Crippen LogP contribution in [0.25, 0.3) is 10.8 Å². The third-order valence-corrected chi connectivity index (χ3v) is 4.61. The first-order chi connectivity index (χ1) is 11.8. The number of aromatic nitrogens is 1. The second-order valence-corrected chi connectivity index (χ2v) is 6.09. The van der Waals surface area contributed by atoms with Gasteiger partial charge in [-0.15, -0.1) is 0 Å². The Bertz CT molecular complexity index is 858. The highest BCUT2D eigenvalue weighted by molar-refractivity contribution is 6.01. The lowest BCUT2D eigenvalue weighted by Crippen LogP contribution is -2.34. The first-order valence-corrected chi connectivity index (χ1v) is 8.28. The molecule has 0 radical (unpaired) electrons. The summed E-state index contributed by atoms with van der Waals surface area (Å²) < 4.78 is 0. The summed E-state index contributed by atoms with van der Waals surface area (Å²) in [6, 6.07) is 18.1. The fraction of sp³-hybridized carbons (Fsp3) is 0.200. The van der Waals surface area contributed by atoms with Crippen LogP contribution in [0.15, 0.2) is 67.0 Å². The van der Waals surface area contributed by atoms with E-state index in [1.165, 1.54) is 0 Å². The van der Waals surface area contributed by atoms with E-state index in [-0.39, 0.29) is 12.1 Å². The van der Waals surface area contributed by atoms with E-state index in [9.17, 15) is 4.79 Å². The average Bonchev–Trinajstić information content (AvgIpc) is 3.13. The van der Waals surface area contributed by atoms with Crippen LogP contribution in [0.1, 0.15) is 24.4 Å². The van der Waals surface area contributed by atoms with Crippen LogP contribution < -0.4 is 5.32 Å². The van der Waals surface area contributed by atoms with Crippen LogP contribution in [-0.4, -0.2) is 22.5 Å². The van der Waals surface area contributed by atoms with Gasteiger partial charge in [0.05, 0.1) is 11.7 Å². The molecule has 3 aromatic rings. The van der Waals surface area contributed by atoms with Gasteiger partial charge < -0.3 is 10.2 Å². The number of hydrogen-bond acceptors (Lipinski definition) is 2. The lowest BCUT2D eigenvalue weighted by Gasteiger charge is -2.25. The maximum atomic E-state index is 12.8. The molecule has 4 heteroatoms. The van der Waals surface area contributed by atoms with Gasteiger partial charge in [0.1, 0.15) is 0 Å². The second kappa shape index (κ2) is 6.32. The zero-order valence-corrected chi connectivity index (χ0v) is 13.4. The number of carbonyl (C=O) groups is 1. The fourth-order valence-electron chi connectivity index (χ4n) is 3.45. The quantitative estimate of drug-likeness (QED) is 0.750. The summed E-state index contributed by atoms with van der Waals surface area (Å²) in [5.74, 6) is 0. The molecule has 1 aromatic heterocycles. The Morgan fingerprint density at radius 3 is 2.83 bits per heavy atom. The first-order valence-electron chi connectivity index (χ1n) is 8.28. The van der Waals surface area contributed by atoms with Crippen molar-refractivity contribution in [3.05, 3.63) is 72.6 Å². The number of hydrogen-bond donors (Lipinski definition) is 1. The number of rotatable bonds is 2. The predicted molar refractivity (Wildman–Crippen MR) is 95.9 cm³/mol. The van der Waals surface area contributed by atoms with Crippen LogP contribution >= 0.6 is 0 Å². The summed E-state index contributed by atoms with van der Waals surface area (Å²) in [5.41, 5.74) is 1.96. The van der Waals surface area contributed by atoms with Crippen molar-refractivity contribution in [2.45, 2.75) is 18.9 Å². The van der Waals surface area contributed by atoms with Gasteiger partial charge in [0.15, 0.2) is 0 Å². The number of fused-ring (bicyclic) bond motifs is 1. The standard InChI is InChI=1S/C20H19N3O/c24-20(22-18-10-3-7-15-6-1-2-9-17(15)18)23-13-5-11-19(23)16-8-4-12-21-14-16/h1-4,6-10,12,14,19H,5,11,13H2,(H,22,24)/t19-/m1/s1. The molecule has 4 rings (SSSR count). The van der Waals surface area contributed by atoms with E-state index >= 15 is 0 Å². The van der Waals surface area contributed by atoms with Crippen molar-refractivity contribution >= 4 is 22.5 Å². The topological polar surface area (TPSA) is 45.2 Å². The third-order valence-electron chi connectivity index (χ3n) is 4.61. The largest absolute Gasteiger partial charge is 0.322 e. The molecule has 2 aromatic carbocycles. The van der Waals surface area contributed by atoms with Crippen LogP contribution in [0.4, 0.5) is 10.5 Å². The number of amides is 2. The highest BCUT2D eigenvalue weighted by Gasteiger charge is 2.30. The van der Waals surface area contributed by atoms with Gasteiger partial charge in [-0.3, -0.25) is 4.98 Å². The van der Waals surface area contributed by atoms with Gasteiger partial charge in [-0.25, -0.2) is 4.79 Å². The molecule has 1 N–H and O–H groups in total. The minimum Gasteiger partial charge on any atom is -0.317 e. The van der Waals surface area contributed by atoms with Gasteiger partial charge in [-0.05, 0) is 35.9 Å². The molecular formula is C20H19N3O. The van der Waals surface area contributed by atoms with Gasteiger partial charge in [0, 0.05) is 24.3 Å². The van der Waals surface area contributed by atoms with E-state index in [1.54, 1.807) is 6.20 Å². The van der Waals surface area contributed by atoms with Gasteiger partial charge in [-0.2, -0.15) is 0 Å². The van der Waals surface area contributed by atoms with Gasteiger partial charge in [-0.1, -0.05) is 42.5 Å². The Kier molecular flexibility index (Phi) is 3.87. The van der Waals surface area contributed by atoms with E-state index in [1.807, 2.05) is 53.6 Å². The molecule has 4 nitrogen and oxygen atoms in total. The Morgan fingerprint density at radius 1 is 1.08 bits per heavy atom. The maximum Gasteiger partial charge on any atom is 0.322 e. The molecule has 0 spiro atoms. The number of nitrogens with zero attached hydrogens (tertiary/aromatic N) is 2. The van der Waals surface area contributed by atoms with Crippen molar-refractivity contribution in [2.24, 2.45) is 0 Å². The minimum absolute atomic E-state index is 0.0438. The Labute approximate surface area is 141 Å². The summed E-state index contributed by atoms with van der Waals surface area (Å²) >= 11 is 0. The van der Waals surface area contributed by atoms with Crippen LogP contribution in [-0.2, 0) is 0 Å². The van der Waals surface area contributed by atoms with E-state index in [0.717, 1.165) is 41.4 Å². The van der Waals surface area contributed by atoms with Gasteiger partial charge >= 0.3 is 6.03 Å². The van der Waals surface area contributed by atoms with Crippen LogP contribution in [0.5, 0.6) is 0 Å². The van der Waals surface area contributed by atoms with Gasteiger partial charge in [0.2, 0.25) is 0 Å². The van der Waals surface area contributed by atoms with Crippen LogP contribution in [0, 0.1) is 0 Å². The molecular weight excluding hydrogens is 298 g/mol. The lowest BCUT2D eigenvalue weighted by atomic mass is 10.1. The van der Waals surface area contributed by atoms with Crippen LogP contribution in [0.3, 0.4) is 0 Å². The number of nitrogens with one attached hydrogen (secondary N) is 1. The van der Waals surface area contributed by atoms with Crippen LogP contribution in [0.2, 0.25) is 0 Å². The number of urea groups is 1. The van der Waals surface area contributed by atoms with Gasteiger partial charge in [0.25, 0.3) is 0 Å². The summed E-state index contributed by atoms with van der Waals surface area (Å²) in [4.78, 5) is 18.9. The highest BCUT2D eigenvalue weighted by atomic mass is 16.2. The number of pyridine rings is 1. The molecule has 0 unspecified atom stereocenters. The monoisotopic (exact) mass is 317 g/mol. The number of likely N-dealkylation sites (tertiary alicyclic amines) is 1. The molecule has 24 heavy (non-hydrogen) atoms. The van der Waals surface area contributed by atoms with Crippen molar-refractivity contribution in [2.75, 3.05) is 11.9 Å².